The summed E-state index contributed by atoms with van der Waals surface area (Å²) in [6.07, 6.45) is 2.67. The number of benzene rings is 1. The maximum Gasteiger partial charge on any atom is 0.253 e. The summed E-state index contributed by atoms with van der Waals surface area (Å²) < 4.78 is 5.65. The minimum atomic E-state index is 0.129. The molecule has 0 N–H and O–H groups in total. The van der Waals surface area contributed by atoms with Gasteiger partial charge in [0, 0.05) is 48.7 Å². The van der Waals surface area contributed by atoms with Crippen molar-refractivity contribution in [3.05, 3.63) is 41.1 Å². The highest BCUT2D eigenvalue weighted by atomic mass is 16.5. The van der Waals surface area contributed by atoms with E-state index in [1.165, 1.54) is 18.4 Å². The van der Waals surface area contributed by atoms with Crippen LogP contribution in [0.15, 0.2) is 24.3 Å². The average Bonchev–Trinajstić information content (AvgIpc) is 2.81. The Labute approximate surface area is 142 Å². The van der Waals surface area contributed by atoms with Gasteiger partial charge in [-0.15, -0.1) is 0 Å². The van der Waals surface area contributed by atoms with E-state index in [0.717, 1.165) is 35.2 Å². The van der Waals surface area contributed by atoms with E-state index in [-0.39, 0.29) is 5.91 Å². The molecule has 4 rings (SSSR count). The van der Waals surface area contributed by atoms with Gasteiger partial charge >= 0.3 is 0 Å². The van der Waals surface area contributed by atoms with E-state index in [9.17, 15) is 4.79 Å². The molecular formula is C20H24N2O2. The Morgan fingerprint density at radius 2 is 1.88 bits per heavy atom. The third-order valence-corrected chi connectivity index (χ3v) is 5.70. The lowest BCUT2D eigenvalue weighted by Crippen LogP contribution is -2.48. The number of amides is 1. The molecule has 1 aromatic carbocycles. The Hall–Kier alpha value is -1.94. The number of piperidine rings is 1. The van der Waals surface area contributed by atoms with Crippen molar-refractivity contribution in [3.8, 4) is 0 Å². The van der Waals surface area contributed by atoms with Gasteiger partial charge in [0.2, 0.25) is 0 Å². The topological polar surface area (TPSA) is 42.4 Å². The van der Waals surface area contributed by atoms with E-state index >= 15 is 0 Å². The Morgan fingerprint density at radius 1 is 1.17 bits per heavy atom. The summed E-state index contributed by atoms with van der Waals surface area (Å²) in [7, 11) is 1.80. The average molecular weight is 324 g/mol. The SMILES string of the molecule is COC1[C@@H]2CC[C@H]1CN(C(=O)c1ccc3c(C)cc(C)nc3c1)C2. The molecule has 1 aliphatic carbocycles. The third kappa shape index (κ3) is 2.49. The molecule has 1 aliphatic heterocycles. The van der Waals surface area contributed by atoms with Gasteiger partial charge in [0.1, 0.15) is 0 Å². The van der Waals surface area contributed by atoms with Crippen LogP contribution < -0.4 is 0 Å². The van der Waals surface area contributed by atoms with E-state index in [2.05, 4.69) is 18.0 Å². The van der Waals surface area contributed by atoms with Crippen molar-refractivity contribution in [2.45, 2.75) is 32.8 Å². The Bertz CT molecular complexity index is 788. The first kappa shape index (κ1) is 15.6. The van der Waals surface area contributed by atoms with Crippen LogP contribution in [0.1, 0.15) is 34.5 Å². The van der Waals surface area contributed by atoms with Crippen LogP contribution >= 0.6 is 0 Å². The Morgan fingerprint density at radius 3 is 2.54 bits per heavy atom. The number of nitrogens with zero attached hydrogens (tertiary/aromatic N) is 2. The van der Waals surface area contributed by atoms with Gasteiger partial charge in [0.15, 0.2) is 0 Å². The maximum absolute atomic E-state index is 13.0. The molecule has 1 saturated heterocycles. The molecule has 2 heterocycles. The van der Waals surface area contributed by atoms with Crippen molar-refractivity contribution in [2.24, 2.45) is 11.8 Å². The summed E-state index contributed by atoms with van der Waals surface area (Å²) in [5.41, 5.74) is 3.85. The smallest absolute Gasteiger partial charge is 0.253 e. The highest BCUT2D eigenvalue weighted by Crippen LogP contribution is 2.39. The van der Waals surface area contributed by atoms with Gasteiger partial charge in [0.05, 0.1) is 11.6 Å². The Balaban J connectivity index is 1.62. The first-order valence-electron chi connectivity index (χ1n) is 8.77. The lowest BCUT2D eigenvalue weighted by molar-refractivity contribution is -0.0113. The first-order valence-corrected chi connectivity index (χ1v) is 8.77. The van der Waals surface area contributed by atoms with Crippen LogP contribution in [-0.2, 0) is 4.74 Å². The minimum Gasteiger partial charge on any atom is -0.381 e. The predicted molar refractivity (Wildman–Crippen MR) is 94.1 cm³/mol. The fraction of sp³-hybridized carbons (Fsp3) is 0.500. The lowest BCUT2D eigenvalue weighted by atomic mass is 9.94. The van der Waals surface area contributed by atoms with E-state index in [4.69, 9.17) is 4.74 Å². The van der Waals surface area contributed by atoms with Crippen molar-refractivity contribution < 1.29 is 9.53 Å². The van der Waals surface area contributed by atoms with Gasteiger partial charge < -0.3 is 9.64 Å². The fourth-order valence-corrected chi connectivity index (χ4v) is 4.61. The summed E-state index contributed by atoms with van der Waals surface area (Å²) in [4.78, 5) is 19.6. The summed E-state index contributed by atoms with van der Waals surface area (Å²) in [5.74, 6) is 1.10. The van der Waals surface area contributed by atoms with Crippen molar-refractivity contribution in [1.29, 1.82) is 0 Å². The van der Waals surface area contributed by atoms with Crippen molar-refractivity contribution >= 4 is 16.8 Å². The molecule has 2 fully saturated rings. The predicted octanol–water partition coefficient (Wildman–Crippen LogP) is 3.35. The van der Waals surface area contributed by atoms with Gasteiger partial charge in [-0.25, -0.2) is 0 Å². The van der Waals surface area contributed by atoms with E-state index < -0.39 is 0 Å². The van der Waals surface area contributed by atoms with Gasteiger partial charge in [-0.3, -0.25) is 9.78 Å². The molecule has 4 nitrogen and oxygen atoms in total. The summed E-state index contributed by atoms with van der Waals surface area (Å²) in [5, 5.41) is 1.12. The molecule has 24 heavy (non-hydrogen) atoms. The summed E-state index contributed by atoms with van der Waals surface area (Å²) >= 11 is 0. The van der Waals surface area contributed by atoms with E-state index in [1.807, 2.05) is 30.0 Å². The first-order chi connectivity index (χ1) is 11.6. The standard InChI is InChI=1S/C20H24N2O2/c1-12-8-13(2)21-18-9-14(6-7-17(12)18)20(23)22-10-15-4-5-16(11-22)19(15)24-3/h6-9,15-16,19H,4-5,10-11H2,1-3H3/t15-,16+,19?. The van der Waals surface area contributed by atoms with Gasteiger partial charge in [-0.05, 0) is 50.5 Å². The summed E-state index contributed by atoms with van der Waals surface area (Å²) in [6.45, 7) is 5.71. The molecular weight excluding hydrogens is 300 g/mol. The minimum absolute atomic E-state index is 0.129. The monoisotopic (exact) mass is 324 g/mol. The molecule has 4 heteroatoms. The molecule has 2 aromatic rings. The van der Waals surface area contributed by atoms with Crippen LogP contribution in [0.25, 0.3) is 10.9 Å². The second-order valence-corrected chi connectivity index (χ2v) is 7.32. The highest BCUT2D eigenvalue weighted by Gasteiger charge is 2.43. The number of fused-ring (bicyclic) bond motifs is 3. The number of hydrogen-bond donors (Lipinski definition) is 0. The van der Waals surface area contributed by atoms with Gasteiger partial charge in [-0.1, -0.05) is 6.07 Å². The van der Waals surface area contributed by atoms with Crippen LogP contribution in [0.5, 0.6) is 0 Å². The number of methoxy groups -OCH3 is 1. The number of aromatic nitrogens is 1. The molecule has 2 aliphatic rings. The zero-order valence-corrected chi connectivity index (χ0v) is 14.6. The number of aryl methyl sites for hydroxylation is 2. The Kier molecular flexibility index (Phi) is 3.80. The highest BCUT2D eigenvalue weighted by molar-refractivity contribution is 5.98. The zero-order chi connectivity index (χ0) is 16.8. The number of ether oxygens (including phenoxy) is 1. The number of rotatable bonds is 2. The second kappa shape index (κ2) is 5.85. The third-order valence-electron chi connectivity index (χ3n) is 5.70. The van der Waals surface area contributed by atoms with Crippen molar-refractivity contribution in [1.82, 2.24) is 9.88 Å². The molecule has 2 bridgehead atoms. The van der Waals surface area contributed by atoms with Gasteiger partial charge in [-0.2, -0.15) is 0 Å². The molecule has 1 aromatic heterocycles. The maximum atomic E-state index is 13.0. The number of hydrogen-bond acceptors (Lipinski definition) is 3. The quantitative estimate of drug-likeness (QED) is 0.851. The summed E-state index contributed by atoms with van der Waals surface area (Å²) in [6, 6.07) is 8.00. The van der Waals surface area contributed by atoms with E-state index in [1.54, 1.807) is 7.11 Å². The van der Waals surface area contributed by atoms with Crippen LogP contribution in [0.3, 0.4) is 0 Å². The van der Waals surface area contributed by atoms with Gasteiger partial charge in [0.25, 0.3) is 5.91 Å². The molecule has 126 valence electrons. The molecule has 3 atom stereocenters. The second-order valence-electron chi connectivity index (χ2n) is 7.32. The molecule has 1 amide bonds. The van der Waals surface area contributed by atoms with Crippen LogP contribution in [-0.4, -0.2) is 42.1 Å². The number of carbonyl (C=O) groups is 1. The zero-order valence-electron chi connectivity index (χ0n) is 14.6. The molecule has 0 radical (unpaired) electrons. The lowest BCUT2D eigenvalue weighted by Gasteiger charge is -2.37. The normalized spacial score (nSPS) is 26.1. The van der Waals surface area contributed by atoms with Crippen molar-refractivity contribution in [2.75, 3.05) is 20.2 Å². The van der Waals surface area contributed by atoms with E-state index in [0.29, 0.717) is 17.9 Å². The van der Waals surface area contributed by atoms with Crippen LogP contribution in [0.4, 0.5) is 0 Å². The number of pyridine rings is 1. The number of carbonyl (C=O) groups excluding carboxylic acids is 1. The largest absolute Gasteiger partial charge is 0.381 e. The number of likely N-dealkylation sites (tertiary alicyclic amines) is 1. The molecule has 0 spiro atoms. The fourth-order valence-electron chi connectivity index (χ4n) is 4.61. The molecule has 1 unspecified atom stereocenters. The van der Waals surface area contributed by atoms with Crippen molar-refractivity contribution in [3.63, 3.8) is 0 Å². The van der Waals surface area contributed by atoms with Crippen LogP contribution in [0.2, 0.25) is 0 Å². The van der Waals surface area contributed by atoms with Crippen LogP contribution in [0, 0.1) is 25.7 Å². The molecule has 1 saturated carbocycles.